The minimum Gasteiger partial charge on any atom is -0.287 e. The van der Waals surface area contributed by atoms with Gasteiger partial charge in [0.1, 0.15) is 4.05 Å². The number of halogens is 1. The van der Waals surface area contributed by atoms with E-state index in [0.717, 1.165) is 0 Å². The van der Waals surface area contributed by atoms with E-state index in [4.69, 9.17) is 0 Å². The maximum absolute atomic E-state index is 4.20. The van der Waals surface area contributed by atoms with Crippen LogP contribution in [0.25, 0.3) is 0 Å². The molecular formula is C8H13IN2. The molecule has 62 valence electrons. The van der Waals surface area contributed by atoms with Crippen molar-refractivity contribution >= 4 is 35.0 Å². The first kappa shape index (κ1) is 10.8. The van der Waals surface area contributed by atoms with Crippen molar-refractivity contribution in [3.8, 4) is 0 Å². The van der Waals surface area contributed by atoms with Crippen LogP contribution in [0.5, 0.6) is 0 Å². The standard InChI is InChI=1S/C8H13IN2/c1-4-6-11-7(3)8(9)10-5-2/h4-8H,1H2,2-3H3/b10-5-,11-6-. The Labute approximate surface area is 81.7 Å². The van der Waals surface area contributed by atoms with E-state index in [-0.39, 0.29) is 10.1 Å². The number of rotatable bonds is 4. The summed E-state index contributed by atoms with van der Waals surface area (Å²) < 4.78 is 0.230. The summed E-state index contributed by atoms with van der Waals surface area (Å²) in [5, 5.41) is 0. The van der Waals surface area contributed by atoms with Crippen LogP contribution in [0.15, 0.2) is 22.6 Å². The van der Waals surface area contributed by atoms with Crippen molar-refractivity contribution in [3.05, 3.63) is 12.7 Å². The average molecular weight is 264 g/mol. The Hall–Kier alpha value is -0.190. The summed E-state index contributed by atoms with van der Waals surface area (Å²) in [5.74, 6) is 0. The van der Waals surface area contributed by atoms with Crippen LogP contribution in [0, 0.1) is 0 Å². The Kier molecular flexibility index (Phi) is 6.40. The normalized spacial score (nSPS) is 17.4. The molecule has 0 aromatic heterocycles. The van der Waals surface area contributed by atoms with E-state index in [1.807, 2.05) is 13.8 Å². The molecule has 0 aliphatic carbocycles. The first-order valence-electron chi connectivity index (χ1n) is 3.48. The van der Waals surface area contributed by atoms with Gasteiger partial charge in [-0.3, -0.25) is 9.98 Å². The molecule has 0 radical (unpaired) electrons. The summed E-state index contributed by atoms with van der Waals surface area (Å²) in [4.78, 5) is 8.39. The lowest BCUT2D eigenvalue weighted by Crippen LogP contribution is -2.11. The second-order valence-corrected chi connectivity index (χ2v) is 3.33. The van der Waals surface area contributed by atoms with E-state index in [1.54, 1.807) is 18.5 Å². The summed E-state index contributed by atoms with van der Waals surface area (Å²) in [6.07, 6.45) is 5.19. The molecular weight excluding hydrogens is 251 g/mol. The van der Waals surface area contributed by atoms with Gasteiger partial charge in [0, 0.05) is 6.21 Å². The highest BCUT2D eigenvalue weighted by molar-refractivity contribution is 14.1. The third-order valence-electron chi connectivity index (χ3n) is 1.12. The predicted molar refractivity (Wildman–Crippen MR) is 60.1 cm³/mol. The molecule has 0 saturated heterocycles. The molecule has 0 aliphatic rings. The number of hydrogen-bond donors (Lipinski definition) is 0. The Morgan fingerprint density at radius 3 is 2.55 bits per heavy atom. The molecule has 0 amide bonds. The van der Waals surface area contributed by atoms with Crippen molar-refractivity contribution < 1.29 is 0 Å². The molecule has 2 atom stereocenters. The highest BCUT2D eigenvalue weighted by Gasteiger charge is 2.07. The molecule has 0 heterocycles. The van der Waals surface area contributed by atoms with Gasteiger partial charge >= 0.3 is 0 Å². The van der Waals surface area contributed by atoms with Crippen molar-refractivity contribution in [2.75, 3.05) is 0 Å². The van der Waals surface area contributed by atoms with Crippen LogP contribution in [0.2, 0.25) is 0 Å². The van der Waals surface area contributed by atoms with Crippen LogP contribution >= 0.6 is 22.6 Å². The maximum Gasteiger partial charge on any atom is 0.123 e. The molecule has 3 heteroatoms. The Morgan fingerprint density at radius 1 is 1.45 bits per heavy atom. The topological polar surface area (TPSA) is 24.7 Å². The van der Waals surface area contributed by atoms with Gasteiger partial charge in [0.05, 0.1) is 6.04 Å². The molecule has 0 aromatic carbocycles. The molecule has 0 bridgehead atoms. The lowest BCUT2D eigenvalue weighted by Gasteiger charge is -2.07. The third kappa shape index (κ3) is 5.12. The summed E-state index contributed by atoms with van der Waals surface area (Å²) >= 11 is 2.26. The fraction of sp³-hybridized carbons (Fsp3) is 0.500. The molecule has 0 saturated carbocycles. The van der Waals surface area contributed by atoms with Crippen LogP contribution in [-0.4, -0.2) is 22.5 Å². The minimum atomic E-state index is 0.227. The molecule has 0 N–H and O–H groups in total. The number of allylic oxidation sites excluding steroid dienone is 1. The van der Waals surface area contributed by atoms with Crippen LogP contribution in [-0.2, 0) is 0 Å². The molecule has 0 rings (SSSR count). The van der Waals surface area contributed by atoms with E-state index in [2.05, 4.69) is 39.2 Å². The van der Waals surface area contributed by atoms with E-state index in [0.29, 0.717) is 0 Å². The Morgan fingerprint density at radius 2 is 2.09 bits per heavy atom. The quantitative estimate of drug-likeness (QED) is 0.322. The van der Waals surface area contributed by atoms with Gasteiger partial charge < -0.3 is 0 Å². The van der Waals surface area contributed by atoms with Crippen molar-refractivity contribution in [1.29, 1.82) is 0 Å². The molecule has 11 heavy (non-hydrogen) atoms. The summed E-state index contributed by atoms with van der Waals surface area (Å²) in [7, 11) is 0. The molecule has 0 aromatic rings. The number of aliphatic imine (C=N–C) groups is 2. The van der Waals surface area contributed by atoms with Gasteiger partial charge in [0.25, 0.3) is 0 Å². The van der Waals surface area contributed by atoms with E-state index < -0.39 is 0 Å². The minimum absolute atomic E-state index is 0.227. The number of hydrogen-bond acceptors (Lipinski definition) is 2. The summed E-state index contributed by atoms with van der Waals surface area (Å²) in [6, 6.07) is 0.227. The van der Waals surface area contributed by atoms with Crippen molar-refractivity contribution in [2.24, 2.45) is 9.98 Å². The van der Waals surface area contributed by atoms with Gasteiger partial charge in [-0.25, -0.2) is 0 Å². The van der Waals surface area contributed by atoms with Crippen molar-refractivity contribution in [1.82, 2.24) is 0 Å². The zero-order valence-electron chi connectivity index (χ0n) is 6.87. The smallest absolute Gasteiger partial charge is 0.123 e. The van der Waals surface area contributed by atoms with Crippen molar-refractivity contribution in [2.45, 2.75) is 23.9 Å². The lowest BCUT2D eigenvalue weighted by atomic mass is 10.3. The van der Waals surface area contributed by atoms with Crippen LogP contribution in [0.1, 0.15) is 13.8 Å². The lowest BCUT2D eigenvalue weighted by molar-refractivity contribution is 0.740. The van der Waals surface area contributed by atoms with E-state index >= 15 is 0 Å². The van der Waals surface area contributed by atoms with E-state index in [9.17, 15) is 0 Å². The second-order valence-electron chi connectivity index (χ2n) is 2.05. The number of alkyl halides is 1. The van der Waals surface area contributed by atoms with Gasteiger partial charge in [-0.1, -0.05) is 35.2 Å². The van der Waals surface area contributed by atoms with Crippen molar-refractivity contribution in [3.63, 3.8) is 0 Å². The van der Waals surface area contributed by atoms with Gasteiger partial charge in [-0.05, 0) is 20.1 Å². The van der Waals surface area contributed by atoms with Gasteiger partial charge in [0.2, 0.25) is 0 Å². The van der Waals surface area contributed by atoms with Crippen LogP contribution in [0.4, 0.5) is 0 Å². The zero-order valence-corrected chi connectivity index (χ0v) is 9.02. The average Bonchev–Trinajstić information content (AvgIpc) is 2.00. The third-order valence-corrected chi connectivity index (χ3v) is 2.48. The molecule has 2 nitrogen and oxygen atoms in total. The van der Waals surface area contributed by atoms with Crippen LogP contribution < -0.4 is 0 Å². The highest BCUT2D eigenvalue weighted by atomic mass is 127. The first-order valence-corrected chi connectivity index (χ1v) is 4.73. The maximum atomic E-state index is 4.20. The summed E-state index contributed by atoms with van der Waals surface area (Å²) in [5.41, 5.74) is 0. The SMILES string of the molecule is C=C/C=N\C(C)C(I)/N=C\C. The van der Waals surface area contributed by atoms with Gasteiger partial charge in [0.15, 0.2) is 0 Å². The first-order chi connectivity index (χ1) is 5.22. The Bertz CT molecular complexity index is 163. The fourth-order valence-corrected chi connectivity index (χ4v) is 1.04. The monoisotopic (exact) mass is 264 g/mol. The largest absolute Gasteiger partial charge is 0.287 e. The predicted octanol–water partition coefficient (Wildman–Crippen LogP) is 2.48. The van der Waals surface area contributed by atoms with Gasteiger partial charge in [-0.15, -0.1) is 0 Å². The Balaban J connectivity index is 3.90. The number of nitrogens with zero attached hydrogens (tertiary/aromatic N) is 2. The van der Waals surface area contributed by atoms with E-state index in [1.165, 1.54) is 0 Å². The van der Waals surface area contributed by atoms with Crippen LogP contribution in [0.3, 0.4) is 0 Å². The molecule has 0 fully saturated rings. The molecule has 2 unspecified atom stereocenters. The highest BCUT2D eigenvalue weighted by Crippen LogP contribution is 2.10. The van der Waals surface area contributed by atoms with Gasteiger partial charge in [-0.2, -0.15) is 0 Å². The zero-order chi connectivity index (χ0) is 8.69. The molecule has 0 spiro atoms. The molecule has 0 aliphatic heterocycles. The summed E-state index contributed by atoms with van der Waals surface area (Å²) in [6.45, 7) is 7.49. The second kappa shape index (κ2) is 6.52. The fourth-order valence-electron chi connectivity index (χ4n) is 0.535.